The molecular weight excluding hydrogens is 496 g/mol. The molecule has 0 aliphatic carbocycles. The summed E-state index contributed by atoms with van der Waals surface area (Å²) in [5.74, 6) is 0.436. The number of hydrogen-bond acceptors (Lipinski definition) is 7. The molecule has 0 aromatic heterocycles. The molecule has 1 N–H and O–H groups in total. The molecule has 2 aliphatic heterocycles. The monoisotopic (exact) mass is 536 g/mol. The van der Waals surface area contributed by atoms with Crippen molar-refractivity contribution in [2.24, 2.45) is 0 Å². The predicted molar refractivity (Wildman–Crippen MR) is 150 cm³/mol. The van der Waals surface area contributed by atoms with Crippen molar-refractivity contribution >= 4 is 17.4 Å². The second-order valence-electron chi connectivity index (χ2n) is 9.90. The Balaban J connectivity index is 1.78. The molecule has 2 heterocycles. The third kappa shape index (κ3) is 5.91. The first-order chi connectivity index (χ1) is 18.8. The molecule has 1 fully saturated rings. The van der Waals surface area contributed by atoms with Gasteiger partial charge in [-0.05, 0) is 88.3 Å². The maximum absolute atomic E-state index is 13.5. The Hall–Kier alpha value is -3.52. The summed E-state index contributed by atoms with van der Waals surface area (Å²) in [5, 5.41) is 11.5. The number of carbonyl (C=O) groups is 2. The topological polar surface area (TPSA) is 88.5 Å². The number of likely N-dealkylation sites (tertiary alicyclic amines) is 1. The number of fused-ring (bicyclic) bond motifs is 1. The predicted octanol–water partition coefficient (Wildman–Crippen LogP) is 4.96. The summed E-state index contributed by atoms with van der Waals surface area (Å²) < 4.78 is 17.4. The van der Waals surface area contributed by atoms with E-state index in [0.29, 0.717) is 48.8 Å². The van der Waals surface area contributed by atoms with Crippen LogP contribution in [-0.2, 0) is 16.0 Å². The summed E-state index contributed by atoms with van der Waals surface area (Å²) in [6.07, 6.45) is 1.47. The van der Waals surface area contributed by atoms with E-state index in [9.17, 15) is 14.7 Å². The minimum Gasteiger partial charge on any atom is -0.507 e. The van der Waals surface area contributed by atoms with Crippen LogP contribution in [0.15, 0.2) is 42.0 Å². The first-order valence-corrected chi connectivity index (χ1v) is 14.0. The lowest BCUT2D eigenvalue weighted by atomic mass is 9.94. The van der Waals surface area contributed by atoms with Gasteiger partial charge in [0, 0.05) is 18.5 Å². The van der Waals surface area contributed by atoms with E-state index in [0.717, 1.165) is 37.4 Å². The van der Waals surface area contributed by atoms with Gasteiger partial charge in [-0.2, -0.15) is 0 Å². The molecule has 8 nitrogen and oxygen atoms in total. The van der Waals surface area contributed by atoms with Crippen molar-refractivity contribution in [1.82, 2.24) is 9.80 Å². The smallest absolute Gasteiger partial charge is 0.295 e. The number of aliphatic hydroxyl groups excluding tert-OH is 1. The number of rotatable bonds is 12. The van der Waals surface area contributed by atoms with Gasteiger partial charge in [0.05, 0.1) is 24.8 Å². The molecule has 0 bridgehead atoms. The van der Waals surface area contributed by atoms with Gasteiger partial charge in [-0.3, -0.25) is 9.59 Å². The highest BCUT2D eigenvalue weighted by atomic mass is 16.5. The fraction of sp³-hybridized carbons (Fsp3) is 0.484. The Bertz CT molecular complexity index is 1240. The highest BCUT2D eigenvalue weighted by Gasteiger charge is 2.46. The summed E-state index contributed by atoms with van der Waals surface area (Å²) in [4.78, 5) is 30.8. The van der Waals surface area contributed by atoms with Crippen LogP contribution < -0.4 is 14.2 Å². The number of hydrogen-bond donors (Lipinski definition) is 1. The fourth-order valence-electron chi connectivity index (χ4n) is 5.42. The van der Waals surface area contributed by atoms with Gasteiger partial charge in [-0.25, -0.2) is 0 Å². The molecule has 1 amide bonds. The maximum atomic E-state index is 13.5. The Labute approximate surface area is 231 Å². The number of nitrogens with zero attached hydrogens (tertiary/aromatic N) is 2. The van der Waals surface area contributed by atoms with Crippen LogP contribution in [0.25, 0.3) is 5.76 Å². The van der Waals surface area contributed by atoms with E-state index in [1.165, 1.54) is 0 Å². The van der Waals surface area contributed by atoms with Crippen molar-refractivity contribution in [3.8, 4) is 17.2 Å². The zero-order valence-corrected chi connectivity index (χ0v) is 23.7. The number of carbonyl (C=O) groups excluding carboxylic acids is 2. The van der Waals surface area contributed by atoms with Gasteiger partial charge in [-0.15, -0.1) is 0 Å². The number of amides is 1. The SMILES string of the molecule is CCOc1ccc([C@H]2/C(=C(\O)c3ccc4c(c3)C[C@@H](C)O4)C(=O)C(=O)N2CCCN(CC)CC)cc1OCC. The molecule has 2 atom stereocenters. The average molecular weight is 537 g/mol. The van der Waals surface area contributed by atoms with Crippen LogP contribution in [-0.4, -0.2) is 72.1 Å². The summed E-state index contributed by atoms with van der Waals surface area (Å²) in [6.45, 7) is 13.9. The van der Waals surface area contributed by atoms with Gasteiger partial charge in [0.1, 0.15) is 17.6 Å². The van der Waals surface area contributed by atoms with Gasteiger partial charge < -0.3 is 29.1 Å². The molecule has 39 heavy (non-hydrogen) atoms. The highest BCUT2D eigenvalue weighted by molar-refractivity contribution is 6.46. The van der Waals surface area contributed by atoms with Crippen molar-refractivity contribution in [3.63, 3.8) is 0 Å². The molecular formula is C31H40N2O6. The average Bonchev–Trinajstić information content (AvgIpc) is 3.42. The molecule has 4 rings (SSSR count). The quantitative estimate of drug-likeness (QED) is 0.233. The van der Waals surface area contributed by atoms with Crippen LogP contribution in [0.2, 0.25) is 0 Å². The van der Waals surface area contributed by atoms with Gasteiger partial charge in [-0.1, -0.05) is 19.9 Å². The van der Waals surface area contributed by atoms with Crippen molar-refractivity contribution in [2.45, 2.75) is 59.6 Å². The Morgan fingerprint density at radius 1 is 1.03 bits per heavy atom. The minimum atomic E-state index is -0.750. The Kier molecular flexibility index (Phi) is 9.17. The number of benzene rings is 2. The lowest BCUT2D eigenvalue weighted by molar-refractivity contribution is -0.140. The summed E-state index contributed by atoms with van der Waals surface area (Å²) in [7, 11) is 0. The molecule has 2 aliphatic rings. The van der Waals surface area contributed by atoms with Crippen LogP contribution in [0.1, 0.15) is 63.8 Å². The van der Waals surface area contributed by atoms with E-state index in [4.69, 9.17) is 14.2 Å². The maximum Gasteiger partial charge on any atom is 0.295 e. The molecule has 210 valence electrons. The van der Waals surface area contributed by atoms with Crippen molar-refractivity contribution in [1.29, 1.82) is 0 Å². The molecule has 0 radical (unpaired) electrons. The van der Waals surface area contributed by atoms with Crippen LogP contribution in [0.4, 0.5) is 0 Å². The molecule has 0 unspecified atom stereocenters. The zero-order chi connectivity index (χ0) is 28.1. The molecule has 2 aromatic carbocycles. The number of aliphatic hydroxyl groups is 1. The van der Waals surface area contributed by atoms with Crippen molar-refractivity contribution in [3.05, 3.63) is 58.7 Å². The van der Waals surface area contributed by atoms with Crippen LogP contribution in [0, 0.1) is 0 Å². The van der Waals surface area contributed by atoms with Crippen molar-refractivity contribution in [2.75, 3.05) is 39.4 Å². The molecule has 0 spiro atoms. The third-order valence-electron chi connectivity index (χ3n) is 7.36. The summed E-state index contributed by atoms with van der Waals surface area (Å²) in [5.41, 5.74) is 2.23. The van der Waals surface area contributed by atoms with Gasteiger partial charge in [0.15, 0.2) is 11.5 Å². The largest absolute Gasteiger partial charge is 0.507 e. The standard InChI is InChI=1S/C31H40N2O6/c1-6-32(7-2)15-10-16-33-28(21-11-14-25(37-8-3)26(19-21)38-9-4)27(30(35)31(33)36)29(34)22-12-13-24-23(18-22)17-20(5)39-24/h11-14,18-20,28,34H,6-10,15-17H2,1-5H3/b29-27+/t20-,28+/m1/s1. The number of ether oxygens (including phenoxy) is 3. The molecule has 0 saturated carbocycles. The fourth-order valence-corrected chi connectivity index (χ4v) is 5.42. The second kappa shape index (κ2) is 12.6. The van der Waals surface area contributed by atoms with Gasteiger partial charge in [0.2, 0.25) is 0 Å². The third-order valence-corrected chi connectivity index (χ3v) is 7.36. The zero-order valence-electron chi connectivity index (χ0n) is 23.7. The van der Waals surface area contributed by atoms with Gasteiger partial charge in [0.25, 0.3) is 11.7 Å². The van der Waals surface area contributed by atoms with Crippen LogP contribution >= 0.6 is 0 Å². The first-order valence-electron chi connectivity index (χ1n) is 14.0. The van der Waals surface area contributed by atoms with Gasteiger partial charge >= 0.3 is 0 Å². The van der Waals surface area contributed by atoms with Crippen LogP contribution in [0.5, 0.6) is 17.2 Å². The van der Waals surface area contributed by atoms with E-state index in [2.05, 4.69) is 18.7 Å². The molecule has 8 heteroatoms. The van der Waals surface area contributed by atoms with Crippen LogP contribution in [0.3, 0.4) is 0 Å². The molecule has 1 saturated heterocycles. The minimum absolute atomic E-state index is 0.0506. The highest BCUT2D eigenvalue weighted by Crippen LogP contribution is 2.43. The second-order valence-corrected chi connectivity index (χ2v) is 9.90. The Morgan fingerprint density at radius 2 is 1.74 bits per heavy atom. The lowest BCUT2D eigenvalue weighted by Crippen LogP contribution is -2.33. The number of ketones is 1. The Morgan fingerprint density at radius 3 is 2.44 bits per heavy atom. The normalized spacial score (nSPS) is 19.9. The van der Waals surface area contributed by atoms with E-state index in [1.54, 1.807) is 17.0 Å². The number of Topliss-reactive ketones (excluding diaryl/α,β-unsaturated/α-hetero) is 1. The summed E-state index contributed by atoms with van der Waals surface area (Å²) >= 11 is 0. The van der Waals surface area contributed by atoms with E-state index in [1.807, 2.05) is 45.0 Å². The molecule has 2 aromatic rings. The van der Waals surface area contributed by atoms with E-state index in [-0.39, 0.29) is 17.4 Å². The lowest BCUT2D eigenvalue weighted by Gasteiger charge is -2.27. The van der Waals surface area contributed by atoms with Crippen molar-refractivity contribution < 1.29 is 28.9 Å². The van der Waals surface area contributed by atoms with E-state index < -0.39 is 17.7 Å². The van der Waals surface area contributed by atoms with E-state index >= 15 is 0 Å². The first kappa shape index (κ1) is 28.5. The summed E-state index contributed by atoms with van der Waals surface area (Å²) in [6, 6.07) is 10.1.